The number of aromatic nitrogens is 3. The van der Waals surface area contributed by atoms with E-state index in [0.717, 1.165) is 47.4 Å². The van der Waals surface area contributed by atoms with Crippen LogP contribution in [0.4, 0.5) is 5.69 Å². The van der Waals surface area contributed by atoms with E-state index in [9.17, 15) is 0 Å². The lowest BCUT2D eigenvalue weighted by atomic mass is 10.1. The monoisotopic (exact) mass is 294 g/mol. The summed E-state index contributed by atoms with van der Waals surface area (Å²) < 4.78 is 7.99. The normalized spacial score (nSPS) is 18.6. The highest BCUT2D eigenvalue weighted by Gasteiger charge is 2.19. The van der Waals surface area contributed by atoms with E-state index in [0.29, 0.717) is 0 Å². The SMILES string of the molecule is Nc1cccc(-c2ncnc3c2ccn3C2CCCCO2)c1. The highest BCUT2D eigenvalue weighted by atomic mass is 16.5. The van der Waals surface area contributed by atoms with Gasteiger partial charge >= 0.3 is 0 Å². The number of benzene rings is 1. The Morgan fingerprint density at radius 1 is 1.18 bits per heavy atom. The lowest BCUT2D eigenvalue weighted by molar-refractivity contribution is -0.0294. The van der Waals surface area contributed by atoms with Crippen molar-refractivity contribution in [2.75, 3.05) is 12.3 Å². The third-order valence-electron chi connectivity index (χ3n) is 4.14. The van der Waals surface area contributed by atoms with Crippen molar-refractivity contribution < 1.29 is 4.74 Å². The summed E-state index contributed by atoms with van der Waals surface area (Å²) in [6.07, 6.45) is 7.10. The van der Waals surface area contributed by atoms with Gasteiger partial charge in [-0.3, -0.25) is 0 Å². The smallest absolute Gasteiger partial charge is 0.146 e. The van der Waals surface area contributed by atoms with E-state index in [1.165, 1.54) is 6.42 Å². The molecule has 0 saturated carbocycles. The number of ether oxygens (including phenoxy) is 1. The maximum absolute atomic E-state index is 5.89. The second-order valence-electron chi connectivity index (χ2n) is 5.63. The number of nitrogens with two attached hydrogens (primary N) is 1. The van der Waals surface area contributed by atoms with Gasteiger partial charge in [0.2, 0.25) is 0 Å². The standard InChI is InChI=1S/C17H18N4O/c18-13-5-3-4-12(10-13)16-14-7-8-21(17(14)20-11-19-16)15-6-1-2-9-22-15/h3-5,7-8,10-11,15H,1-2,6,9,18H2. The Bertz CT molecular complexity index is 805. The molecule has 3 aromatic rings. The molecule has 0 bridgehead atoms. The molecule has 1 saturated heterocycles. The summed E-state index contributed by atoms with van der Waals surface area (Å²) in [5.41, 5.74) is 9.46. The van der Waals surface area contributed by atoms with E-state index in [2.05, 4.69) is 20.6 Å². The minimum absolute atomic E-state index is 0.0786. The van der Waals surface area contributed by atoms with Gasteiger partial charge in [0.25, 0.3) is 0 Å². The van der Waals surface area contributed by atoms with Crippen molar-refractivity contribution in [2.24, 2.45) is 0 Å². The average Bonchev–Trinajstić information content (AvgIpc) is 2.99. The number of hydrogen-bond acceptors (Lipinski definition) is 4. The predicted molar refractivity (Wildman–Crippen MR) is 86.2 cm³/mol. The highest BCUT2D eigenvalue weighted by Crippen LogP contribution is 2.31. The fourth-order valence-corrected chi connectivity index (χ4v) is 3.06. The first-order chi connectivity index (χ1) is 10.8. The van der Waals surface area contributed by atoms with Crippen molar-refractivity contribution in [3.05, 3.63) is 42.9 Å². The van der Waals surface area contributed by atoms with Crippen LogP contribution in [0.5, 0.6) is 0 Å². The lowest BCUT2D eigenvalue weighted by Gasteiger charge is -2.24. The van der Waals surface area contributed by atoms with Gasteiger partial charge in [0.15, 0.2) is 0 Å². The second-order valence-corrected chi connectivity index (χ2v) is 5.63. The molecule has 4 rings (SSSR count). The number of nitrogen functional groups attached to an aromatic ring is 1. The van der Waals surface area contributed by atoms with Crippen molar-refractivity contribution in [1.82, 2.24) is 14.5 Å². The molecule has 2 aromatic heterocycles. The van der Waals surface area contributed by atoms with Gasteiger partial charge in [-0.05, 0) is 37.5 Å². The van der Waals surface area contributed by atoms with E-state index in [4.69, 9.17) is 10.5 Å². The largest absolute Gasteiger partial charge is 0.399 e. The van der Waals surface area contributed by atoms with Gasteiger partial charge in [-0.15, -0.1) is 0 Å². The van der Waals surface area contributed by atoms with Gasteiger partial charge in [-0.25, -0.2) is 9.97 Å². The quantitative estimate of drug-likeness (QED) is 0.736. The Balaban J connectivity index is 1.83. The maximum Gasteiger partial charge on any atom is 0.146 e. The number of nitrogens with zero attached hydrogens (tertiary/aromatic N) is 3. The molecule has 3 heterocycles. The summed E-state index contributed by atoms with van der Waals surface area (Å²) in [6.45, 7) is 0.817. The summed E-state index contributed by atoms with van der Waals surface area (Å²) >= 11 is 0. The molecule has 22 heavy (non-hydrogen) atoms. The second kappa shape index (κ2) is 5.42. The van der Waals surface area contributed by atoms with Crippen LogP contribution in [-0.4, -0.2) is 21.1 Å². The Morgan fingerprint density at radius 3 is 2.95 bits per heavy atom. The fraction of sp³-hybridized carbons (Fsp3) is 0.294. The number of rotatable bonds is 2. The molecule has 1 aromatic carbocycles. The van der Waals surface area contributed by atoms with E-state index in [-0.39, 0.29) is 6.23 Å². The minimum atomic E-state index is 0.0786. The molecule has 0 radical (unpaired) electrons. The predicted octanol–water partition coefficient (Wildman–Crippen LogP) is 3.38. The topological polar surface area (TPSA) is 66.0 Å². The zero-order chi connectivity index (χ0) is 14.9. The van der Waals surface area contributed by atoms with Crippen LogP contribution in [0, 0.1) is 0 Å². The van der Waals surface area contributed by atoms with Crippen LogP contribution in [0.1, 0.15) is 25.5 Å². The Hall–Kier alpha value is -2.40. The van der Waals surface area contributed by atoms with Crippen molar-refractivity contribution >= 4 is 16.7 Å². The molecular formula is C17H18N4O. The summed E-state index contributed by atoms with van der Waals surface area (Å²) in [5.74, 6) is 0. The van der Waals surface area contributed by atoms with Gasteiger partial charge in [-0.2, -0.15) is 0 Å². The van der Waals surface area contributed by atoms with Crippen LogP contribution in [0.25, 0.3) is 22.3 Å². The van der Waals surface area contributed by atoms with Crippen molar-refractivity contribution in [3.8, 4) is 11.3 Å². The molecule has 5 nitrogen and oxygen atoms in total. The molecule has 0 spiro atoms. The van der Waals surface area contributed by atoms with Gasteiger partial charge in [0, 0.05) is 29.4 Å². The number of anilines is 1. The van der Waals surface area contributed by atoms with Crippen LogP contribution in [0.2, 0.25) is 0 Å². The van der Waals surface area contributed by atoms with Gasteiger partial charge in [-0.1, -0.05) is 12.1 Å². The maximum atomic E-state index is 5.89. The first kappa shape index (κ1) is 13.3. The molecule has 0 aliphatic carbocycles. The van der Waals surface area contributed by atoms with Crippen LogP contribution >= 0.6 is 0 Å². The summed E-state index contributed by atoms with van der Waals surface area (Å²) in [5, 5.41) is 1.03. The molecule has 1 atom stereocenters. The Morgan fingerprint density at radius 2 is 2.14 bits per heavy atom. The number of fused-ring (bicyclic) bond motifs is 1. The third-order valence-corrected chi connectivity index (χ3v) is 4.14. The molecule has 5 heteroatoms. The summed E-state index contributed by atoms with van der Waals surface area (Å²) in [4.78, 5) is 8.92. The molecule has 2 N–H and O–H groups in total. The third kappa shape index (κ3) is 2.23. The van der Waals surface area contributed by atoms with Crippen LogP contribution < -0.4 is 5.73 Å². The molecule has 112 valence electrons. The van der Waals surface area contributed by atoms with E-state index in [1.807, 2.05) is 30.5 Å². The minimum Gasteiger partial charge on any atom is -0.399 e. The van der Waals surface area contributed by atoms with E-state index in [1.54, 1.807) is 6.33 Å². The van der Waals surface area contributed by atoms with Crippen molar-refractivity contribution in [2.45, 2.75) is 25.5 Å². The summed E-state index contributed by atoms with van der Waals surface area (Å²) in [7, 11) is 0. The molecule has 1 unspecified atom stereocenters. The highest BCUT2D eigenvalue weighted by molar-refractivity contribution is 5.91. The van der Waals surface area contributed by atoms with Crippen LogP contribution in [0.15, 0.2) is 42.9 Å². The first-order valence-corrected chi connectivity index (χ1v) is 7.62. The Kier molecular flexibility index (Phi) is 3.27. The fourth-order valence-electron chi connectivity index (χ4n) is 3.06. The molecule has 1 aliphatic rings. The summed E-state index contributed by atoms with van der Waals surface area (Å²) in [6, 6.07) is 9.84. The zero-order valence-corrected chi connectivity index (χ0v) is 12.3. The van der Waals surface area contributed by atoms with Gasteiger partial charge < -0.3 is 15.0 Å². The van der Waals surface area contributed by atoms with Crippen molar-refractivity contribution in [3.63, 3.8) is 0 Å². The molecule has 1 fully saturated rings. The van der Waals surface area contributed by atoms with Crippen LogP contribution in [-0.2, 0) is 4.74 Å². The molecule has 1 aliphatic heterocycles. The zero-order valence-electron chi connectivity index (χ0n) is 12.3. The van der Waals surface area contributed by atoms with E-state index >= 15 is 0 Å². The molecule has 0 amide bonds. The lowest BCUT2D eigenvalue weighted by Crippen LogP contribution is -2.17. The van der Waals surface area contributed by atoms with Crippen LogP contribution in [0.3, 0.4) is 0 Å². The number of hydrogen-bond donors (Lipinski definition) is 1. The average molecular weight is 294 g/mol. The molecular weight excluding hydrogens is 276 g/mol. The van der Waals surface area contributed by atoms with Gasteiger partial charge in [0.1, 0.15) is 18.2 Å². The van der Waals surface area contributed by atoms with Crippen molar-refractivity contribution in [1.29, 1.82) is 0 Å². The Labute approximate surface area is 128 Å². The first-order valence-electron chi connectivity index (χ1n) is 7.62. The van der Waals surface area contributed by atoms with E-state index < -0.39 is 0 Å². The van der Waals surface area contributed by atoms with Gasteiger partial charge in [0.05, 0.1) is 5.69 Å².